The molecule has 2 aliphatic rings. The van der Waals surface area contributed by atoms with Gasteiger partial charge >= 0.3 is 0 Å². The first-order valence-corrected chi connectivity index (χ1v) is 8.44. The lowest BCUT2D eigenvalue weighted by molar-refractivity contribution is 0.0742. The highest BCUT2D eigenvalue weighted by molar-refractivity contribution is 6.30. The third kappa shape index (κ3) is 2.85. The van der Waals surface area contributed by atoms with Crippen molar-refractivity contribution in [1.29, 1.82) is 0 Å². The highest BCUT2D eigenvalue weighted by Gasteiger charge is 2.26. The Labute approximate surface area is 145 Å². The van der Waals surface area contributed by atoms with E-state index >= 15 is 0 Å². The molecule has 1 fully saturated rings. The molecule has 0 saturated carbocycles. The van der Waals surface area contributed by atoms with E-state index in [0.29, 0.717) is 31.3 Å². The van der Waals surface area contributed by atoms with Crippen LogP contribution in [0.2, 0.25) is 5.02 Å². The molecule has 0 unspecified atom stereocenters. The second kappa shape index (κ2) is 6.42. The van der Waals surface area contributed by atoms with Crippen LogP contribution >= 0.6 is 11.6 Å². The van der Waals surface area contributed by atoms with Crippen LogP contribution in [0.3, 0.4) is 0 Å². The van der Waals surface area contributed by atoms with E-state index in [4.69, 9.17) is 16.3 Å². The fourth-order valence-corrected chi connectivity index (χ4v) is 3.38. The third-order valence-corrected chi connectivity index (χ3v) is 4.83. The lowest BCUT2D eigenvalue weighted by atomic mass is 10.0. The number of carbonyl (C=O) groups excluding carboxylic acids is 1. The number of hydrogen-bond donors (Lipinski definition) is 0. The number of pyridine rings is 1. The molecular formula is C18H18ClN3O2. The molecule has 1 amide bonds. The molecule has 0 aliphatic carbocycles. The number of halogens is 1. The number of aromatic nitrogens is 1. The quantitative estimate of drug-likeness (QED) is 0.841. The van der Waals surface area contributed by atoms with E-state index in [1.807, 2.05) is 35.2 Å². The van der Waals surface area contributed by atoms with E-state index in [1.54, 1.807) is 6.20 Å². The predicted molar refractivity (Wildman–Crippen MR) is 92.3 cm³/mol. The minimum absolute atomic E-state index is 0.0982. The molecule has 6 heteroatoms. The van der Waals surface area contributed by atoms with Crippen molar-refractivity contribution in [1.82, 2.24) is 9.88 Å². The van der Waals surface area contributed by atoms with Crippen molar-refractivity contribution in [2.75, 3.05) is 31.1 Å². The van der Waals surface area contributed by atoms with E-state index in [0.717, 1.165) is 35.6 Å². The van der Waals surface area contributed by atoms with Crippen LogP contribution in [0, 0.1) is 0 Å². The van der Waals surface area contributed by atoms with Crippen LogP contribution in [-0.2, 0) is 18.0 Å². The average Bonchev–Trinajstić information content (AvgIpc) is 3.11. The molecule has 0 atom stereocenters. The summed E-state index contributed by atoms with van der Waals surface area (Å²) in [6, 6.07) is 9.64. The molecule has 24 heavy (non-hydrogen) atoms. The maximum absolute atomic E-state index is 12.9. The zero-order valence-corrected chi connectivity index (χ0v) is 14.0. The number of rotatable bonds is 2. The predicted octanol–water partition coefficient (Wildman–Crippen LogP) is 2.73. The number of fused-ring (bicyclic) bond motifs is 1. The minimum atomic E-state index is 0.0982. The van der Waals surface area contributed by atoms with Gasteiger partial charge in [-0.05, 0) is 29.3 Å². The zero-order valence-electron chi connectivity index (χ0n) is 13.2. The van der Waals surface area contributed by atoms with Crippen LogP contribution in [0.25, 0.3) is 0 Å². The lowest BCUT2D eigenvalue weighted by Gasteiger charge is -2.35. The number of carbonyl (C=O) groups is 1. The molecule has 3 heterocycles. The first kappa shape index (κ1) is 15.4. The number of piperazine rings is 1. The van der Waals surface area contributed by atoms with Crippen molar-refractivity contribution in [3.8, 4) is 0 Å². The van der Waals surface area contributed by atoms with E-state index in [-0.39, 0.29) is 5.91 Å². The van der Waals surface area contributed by atoms with Crippen LogP contribution in [0.4, 0.5) is 5.82 Å². The normalized spacial score (nSPS) is 17.0. The first-order valence-electron chi connectivity index (χ1n) is 8.06. The van der Waals surface area contributed by atoms with E-state index in [1.165, 1.54) is 0 Å². The number of nitrogens with zero attached hydrogens (tertiary/aromatic N) is 3. The van der Waals surface area contributed by atoms with Crippen molar-refractivity contribution >= 4 is 23.3 Å². The van der Waals surface area contributed by atoms with Gasteiger partial charge in [-0.2, -0.15) is 0 Å². The van der Waals surface area contributed by atoms with Gasteiger partial charge in [-0.3, -0.25) is 4.79 Å². The van der Waals surface area contributed by atoms with Gasteiger partial charge in [-0.1, -0.05) is 23.7 Å². The maximum Gasteiger partial charge on any atom is 0.254 e. The molecule has 1 aromatic heterocycles. The molecular weight excluding hydrogens is 326 g/mol. The summed E-state index contributed by atoms with van der Waals surface area (Å²) in [5, 5.41) is 0.632. The van der Waals surface area contributed by atoms with Gasteiger partial charge in [-0.25, -0.2) is 4.98 Å². The number of ether oxygens (including phenoxy) is 1. The fourth-order valence-electron chi connectivity index (χ4n) is 3.27. The van der Waals surface area contributed by atoms with Crippen LogP contribution < -0.4 is 4.90 Å². The Morgan fingerprint density at radius 3 is 2.67 bits per heavy atom. The van der Waals surface area contributed by atoms with E-state index in [2.05, 4.69) is 9.88 Å². The van der Waals surface area contributed by atoms with Gasteiger partial charge in [0.05, 0.1) is 18.2 Å². The second-order valence-electron chi connectivity index (χ2n) is 6.05. The summed E-state index contributed by atoms with van der Waals surface area (Å²) in [6.07, 6.45) is 1.65. The van der Waals surface area contributed by atoms with Crippen LogP contribution in [0.15, 0.2) is 36.5 Å². The van der Waals surface area contributed by atoms with Crippen molar-refractivity contribution in [2.24, 2.45) is 0 Å². The SMILES string of the molecule is O=C(c1cccc2c1COC2)N1CCN(c2ccc(Cl)cn2)CC1. The van der Waals surface area contributed by atoms with Gasteiger partial charge in [-0.15, -0.1) is 0 Å². The molecule has 5 nitrogen and oxygen atoms in total. The summed E-state index contributed by atoms with van der Waals surface area (Å²) in [5.74, 6) is 1.00. The van der Waals surface area contributed by atoms with Crippen molar-refractivity contribution in [3.05, 3.63) is 58.2 Å². The summed E-state index contributed by atoms with van der Waals surface area (Å²) >= 11 is 5.89. The molecule has 4 rings (SSSR count). The van der Waals surface area contributed by atoms with Gasteiger partial charge in [0, 0.05) is 37.9 Å². The van der Waals surface area contributed by atoms with Crippen LogP contribution in [-0.4, -0.2) is 42.0 Å². The maximum atomic E-state index is 12.9. The fraction of sp³-hybridized carbons (Fsp3) is 0.333. The molecule has 1 aromatic carbocycles. The van der Waals surface area contributed by atoms with Gasteiger partial charge < -0.3 is 14.5 Å². The summed E-state index contributed by atoms with van der Waals surface area (Å²) in [5.41, 5.74) is 2.96. The topological polar surface area (TPSA) is 45.7 Å². The van der Waals surface area contributed by atoms with E-state index in [9.17, 15) is 4.79 Å². The number of hydrogen-bond acceptors (Lipinski definition) is 4. The Hall–Kier alpha value is -2.11. The average molecular weight is 344 g/mol. The van der Waals surface area contributed by atoms with Crippen molar-refractivity contribution < 1.29 is 9.53 Å². The Bertz CT molecular complexity index is 755. The molecule has 124 valence electrons. The van der Waals surface area contributed by atoms with E-state index < -0.39 is 0 Å². The smallest absolute Gasteiger partial charge is 0.254 e. The molecule has 0 N–H and O–H groups in total. The monoisotopic (exact) mass is 343 g/mol. The Balaban J connectivity index is 1.45. The number of benzene rings is 1. The van der Waals surface area contributed by atoms with Gasteiger partial charge in [0.25, 0.3) is 5.91 Å². The second-order valence-corrected chi connectivity index (χ2v) is 6.49. The van der Waals surface area contributed by atoms with Crippen LogP contribution in [0.1, 0.15) is 21.5 Å². The molecule has 0 bridgehead atoms. The van der Waals surface area contributed by atoms with Crippen molar-refractivity contribution in [2.45, 2.75) is 13.2 Å². The Morgan fingerprint density at radius 1 is 1.08 bits per heavy atom. The standard InChI is InChI=1S/C18H18ClN3O2/c19-14-4-5-17(20-10-14)21-6-8-22(9-7-21)18(23)15-3-1-2-13-11-24-12-16(13)15/h1-5,10H,6-9,11-12H2. The molecule has 2 aliphatic heterocycles. The summed E-state index contributed by atoms with van der Waals surface area (Å²) in [7, 11) is 0. The van der Waals surface area contributed by atoms with Gasteiger partial charge in [0.15, 0.2) is 0 Å². The zero-order chi connectivity index (χ0) is 16.5. The molecule has 2 aromatic rings. The largest absolute Gasteiger partial charge is 0.372 e. The summed E-state index contributed by atoms with van der Waals surface area (Å²) < 4.78 is 5.48. The summed E-state index contributed by atoms with van der Waals surface area (Å²) in [6.45, 7) is 4.05. The molecule has 0 spiro atoms. The highest BCUT2D eigenvalue weighted by atomic mass is 35.5. The number of amides is 1. The van der Waals surface area contributed by atoms with Crippen molar-refractivity contribution in [3.63, 3.8) is 0 Å². The van der Waals surface area contributed by atoms with Crippen LogP contribution in [0.5, 0.6) is 0 Å². The first-order chi connectivity index (χ1) is 11.7. The van der Waals surface area contributed by atoms with Gasteiger partial charge in [0.1, 0.15) is 5.82 Å². The third-order valence-electron chi connectivity index (χ3n) is 4.61. The highest BCUT2D eigenvalue weighted by Crippen LogP contribution is 2.25. The molecule has 1 saturated heterocycles. The Morgan fingerprint density at radius 2 is 1.92 bits per heavy atom. The molecule has 0 radical (unpaired) electrons. The van der Waals surface area contributed by atoms with Gasteiger partial charge in [0.2, 0.25) is 0 Å². The lowest BCUT2D eigenvalue weighted by Crippen LogP contribution is -2.49. The minimum Gasteiger partial charge on any atom is -0.372 e. The Kier molecular flexibility index (Phi) is 4.12. The number of anilines is 1. The summed E-state index contributed by atoms with van der Waals surface area (Å²) in [4.78, 5) is 21.3.